The molecule has 1 aliphatic rings. The number of sulfone groups is 1. The third-order valence-corrected chi connectivity index (χ3v) is 7.51. The van der Waals surface area contributed by atoms with Gasteiger partial charge in [0.1, 0.15) is 11.6 Å². The molecule has 0 fully saturated rings. The van der Waals surface area contributed by atoms with Gasteiger partial charge >= 0.3 is 0 Å². The van der Waals surface area contributed by atoms with Crippen LogP contribution in [0.4, 0.5) is 14.5 Å². The zero-order valence-electron chi connectivity index (χ0n) is 16.4. The number of benzene rings is 3. The highest BCUT2D eigenvalue weighted by atomic mass is 32.2. The largest absolute Gasteiger partial charge is 0.320 e. The summed E-state index contributed by atoms with van der Waals surface area (Å²) in [7, 11) is -4.03. The number of hydrogen-bond donors (Lipinski definition) is 1. The zero-order valence-corrected chi connectivity index (χ0v) is 18.0. The van der Waals surface area contributed by atoms with Gasteiger partial charge in [-0.15, -0.1) is 0 Å². The molecule has 3 aromatic carbocycles. The van der Waals surface area contributed by atoms with Crippen molar-refractivity contribution in [1.82, 2.24) is 0 Å². The average molecular weight is 458 g/mol. The lowest BCUT2D eigenvalue weighted by molar-refractivity contribution is -0.112. The number of rotatable bonds is 4. The molecule has 1 amide bonds. The minimum atomic E-state index is -4.03. The van der Waals surface area contributed by atoms with Crippen LogP contribution in [0.3, 0.4) is 0 Å². The molecular weight excluding hydrogens is 440 g/mol. The molecule has 0 atom stereocenters. The van der Waals surface area contributed by atoms with E-state index in [0.717, 1.165) is 23.3 Å². The molecule has 0 aromatic heterocycles. The summed E-state index contributed by atoms with van der Waals surface area (Å²) < 4.78 is 53.3. The molecule has 0 radical (unpaired) electrons. The summed E-state index contributed by atoms with van der Waals surface area (Å²) in [5.74, 6) is -3.01. The third kappa shape index (κ3) is 4.55. The Balaban J connectivity index is 1.62. The molecule has 1 aliphatic heterocycles. The number of carbonyl (C=O) groups is 1. The lowest BCUT2D eigenvalue weighted by Crippen LogP contribution is -2.18. The fraction of sp³-hybridized carbons (Fsp3) is 0.0870. The van der Waals surface area contributed by atoms with Crippen LogP contribution in [0.15, 0.2) is 75.4 Å². The lowest BCUT2D eigenvalue weighted by atomic mass is 10.1. The fourth-order valence-corrected chi connectivity index (χ4v) is 5.42. The maximum absolute atomic E-state index is 13.9. The first kappa shape index (κ1) is 21.3. The van der Waals surface area contributed by atoms with Gasteiger partial charge in [-0.05, 0) is 48.9 Å². The van der Waals surface area contributed by atoms with Gasteiger partial charge in [0.25, 0.3) is 5.91 Å². The number of nitrogens with one attached hydrogen (secondary N) is 1. The van der Waals surface area contributed by atoms with Crippen LogP contribution in [0.1, 0.15) is 16.7 Å². The molecule has 31 heavy (non-hydrogen) atoms. The molecule has 0 bridgehead atoms. The van der Waals surface area contributed by atoms with E-state index in [1.807, 2.05) is 31.2 Å². The van der Waals surface area contributed by atoms with Crippen molar-refractivity contribution in [3.8, 4) is 0 Å². The maximum Gasteiger partial charge on any atom is 0.262 e. The van der Waals surface area contributed by atoms with E-state index in [2.05, 4.69) is 5.32 Å². The average Bonchev–Trinajstić information content (AvgIpc) is 2.72. The first-order chi connectivity index (χ1) is 14.7. The summed E-state index contributed by atoms with van der Waals surface area (Å²) in [5.41, 5.74) is 1.81. The van der Waals surface area contributed by atoms with Crippen molar-refractivity contribution in [2.45, 2.75) is 22.5 Å². The van der Waals surface area contributed by atoms with Crippen LogP contribution in [-0.2, 0) is 20.4 Å². The van der Waals surface area contributed by atoms with E-state index in [4.69, 9.17) is 0 Å². The Labute approximate surface area is 182 Å². The number of hydrogen-bond acceptors (Lipinski definition) is 4. The van der Waals surface area contributed by atoms with E-state index in [0.29, 0.717) is 15.5 Å². The molecule has 8 heteroatoms. The van der Waals surface area contributed by atoms with Gasteiger partial charge in [0.15, 0.2) is 9.84 Å². The van der Waals surface area contributed by atoms with Crippen LogP contribution in [-0.4, -0.2) is 14.3 Å². The molecule has 0 saturated carbocycles. The molecule has 0 aliphatic carbocycles. The van der Waals surface area contributed by atoms with Crippen molar-refractivity contribution in [3.05, 3.63) is 93.9 Å². The Bertz CT molecular complexity index is 1300. The van der Waals surface area contributed by atoms with Crippen molar-refractivity contribution in [2.75, 3.05) is 5.32 Å². The predicted octanol–water partition coefficient (Wildman–Crippen LogP) is 5.33. The Morgan fingerprint density at radius 3 is 2.35 bits per heavy atom. The monoisotopic (exact) mass is 457 g/mol. The normalized spacial score (nSPS) is 14.9. The quantitative estimate of drug-likeness (QED) is 0.538. The van der Waals surface area contributed by atoms with E-state index < -0.39 is 32.8 Å². The predicted molar refractivity (Wildman–Crippen MR) is 117 cm³/mol. The van der Waals surface area contributed by atoms with Crippen LogP contribution in [0.5, 0.6) is 0 Å². The highest BCUT2D eigenvalue weighted by Crippen LogP contribution is 2.40. The van der Waals surface area contributed by atoms with Crippen LogP contribution < -0.4 is 5.32 Å². The van der Waals surface area contributed by atoms with Crippen molar-refractivity contribution in [1.29, 1.82) is 0 Å². The molecule has 3 aromatic rings. The molecule has 0 saturated heterocycles. The molecule has 1 N–H and O–H groups in total. The van der Waals surface area contributed by atoms with Crippen LogP contribution in [0.25, 0.3) is 6.08 Å². The van der Waals surface area contributed by atoms with Gasteiger partial charge in [0.2, 0.25) is 0 Å². The minimum Gasteiger partial charge on any atom is -0.320 e. The SMILES string of the molecule is Cc1ccc(/C=C2/Sc3ccc(S(=O)(=O)Cc4c(F)cccc4F)cc3NC2=O)cc1. The van der Waals surface area contributed by atoms with Crippen LogP contribution in [0.2, 0.25) is 0 Å². The first-order valence-corrected chi connectivity index (χ1v) is 11.8. The number of halogens is 2. The minimum absolute atomic E-state index is 0.124. The van der Waals surface area contributed by atoms with Gasteiger partial charge in [0.05, 0.1) is 21.2 Å². The van der Waals surface area contributed by atoms with Crippen molar-refractivity contribution < 1.29 is 22.0 Å². The Morgan fingerprint density at radius 1 is 1.00 bits per heavy atom. The van der Waals surface area contributed by atoms with Gasteiger partial charge < -0.3 is 5.32 Å². The smallest absolute Gasteiger partial charge is 0.262 e. The van der Waals surface area contributed by atoms with Crippen molar-refractivity contribution >= 4 is 39.3 Å². The lowest BCUT2D eigenvalue weighted by Gasteiger charge is -2.19. The molecular formula is C23H17F2NO3S2. The van der Waals surface area contributed by atoms with Crippen LogP contribution >= 0.6 is 11.8 Å². The second kappa shape index (κ2) is 8.28. The second-order valence-electron chi connectivity index (χ2n) is 7.09. The van der Waals surface area contributed by atoms with Gasteiger partial charge in [-0.3, -0.25) is 4.79 Å². The van der Waals surface area contributed by atoms with E-state index in [-0.39, 0.29) is 10.8 Å². The topological polar surface area (TPSA) is 63.2 Å². The number of amides is 1. The number of fused-ring (bicyclic) bond motifs is 1. The highest BCUT2D eigenvalue weighted by molar-refractivity contribution is 8.04. The molecule has 4 nitrogen and oxygen atoms in total. The van der Waals surface area contributed by atoms with Crippen molar-refractivity contribution in [3.63, 3.8) is 0 Å². The summed E-state index contributed by atoms with van der Waals surface area (Å²) in [6.45, 7) is 1.97. The van der Waals surface area contributed by atoms with Gasteiger partial charge in [-0.1, -0.05) is 47.7 Å². The standard InChI is InChI=1S/C23H17F2NO3S2/c1-14-5-7-15(8-6-14)11-22-23(27)26-20-12-16(9-10-21(20)30-22)31(28,29)13-17-18(24)3-2-4-19(17)25/h2-12H,13H2,1H3,(H,26,27)/b22-11+. The molecule has 0 unspecified atom stereocenters. The Morgan fingerprint density at radius 2 is 1.68 bits per heavy atom. The summed E-state index contributed by atoms with van der Waals surface area (Å²) in [5, 5.41) is 2.70. The van der Waals surface area contributed by atoms with Gasteiger partial charge in [-0.25, -0.2) is 17.2 Å². The molecule has 0 spiro atoms. The van der Waals surface area contributed by atoms with E-state index in [9.17, 15) is 22.0 Å². The Kier molecular flexibility index (Phi) is 5.68. The third-order valence-electron chi connectivity index (χ3n) is 4.77. The summed E-state index contributed by atoms with van der Waals surface area (Å²) in [6.07, 6.45) is 1.76. The second-order valence-corrected chi connectivity index (χ2v) is 10.2. The molecule has 4 rings (SSSR count). The molecule has 1 heterocycles. The van der Waals surface area contributed by atoms with Crippen molar-refractivity contribution in [2.24, 2.45) is 0 Å². The van der Waals surface area contributed by atoms with Gasteiger partial charge in [0, 0.05) is 10.5 Å². The summed E-state index contributed by atoms with van der Waals surface area (Å²) in [4.78, 5) is 13.5. The van der Waals surface area contributed by atoms with E-state index >= 15 is 0 Å². The van der Waals surface area contributed by atoms with Crippen LogP contribution in [0, 0.1) is 18.6 Å². The first-order valence-electron chi connectivity index (χ1n) is 9.30. The van der Waals surface area contributed by atoms with Gasteiger partial charge in [-0.2, -0.15) is 0 Å². The maximum atomic E-state index is 13.9. The fourth-order valence-electron chi connectivity index (χ4n) is 3.09. The van der Waals surface area contributed by atoms with E-state index in [1.54, 1.807) is 12.1 Å². The highest BCUT2D eigenvalue weighted by Gasteiger charge is 2.25. The zero-order chi connectivity index (χ0) is 22.2. The number of carbonyl (C=O) groups excluding carboxylic acids is 1. The van der Waals surface area contributed by atoms with E-state index in [1.165, 1.54) is 30.0 Å². The Hall–Kier alpha value is -2.97. The number of aryl methyl sites for hydroxylation is 1. The summed E-state index contributed by atoms with van der Waals surface area (Å²) >= 11 is 1.23. The number of thioether (sulfide) groups is 1. The number of anilines is 1. The summed E-state index contributed by atoms with van der Waals surface area (Å²) in [6, 6.07) is 15.2. The molecule has 158 valence electrons.